The molecule has 0 aliphatic heterocycles. The maximum atomic E-state index is 11.6. The molecule has 0 aliphatic rings. The van der Waals surface area contributed by atoms with E-state index in [4.69, 9.17) is 28.0 Å². The van der Waals surface area contributed by atoms with Gasteiger partial charge < -0.3 is 0 Å². The van der Waals surface area contributed by atoms with Crippen molar-refractivity contribution in [3.05, 3.63) is 31.3 Å². The molecule has 0 bridgehead atoms. The number of halogens is 3. The molecule has 1 rings (SSSR count). The Morgan fingerprint density at radius 1 is 1.53 bits per heavy atom. The van der Waals surface area contributed by atoms with Crippen LogP contribution in [0.5, 0.6) is 0 Å². The average molecular weight is 360 g/mol. The number of benzene rings is 1. The summed E-state index contributed by atoms with van der Waals surface area (Å²) in [4.78, 5) is 16.4. The van der Waals surface area contributed by atoms with Gasteiger partial charge in [0.1, 0.15) is 0 Å². The van der Waals surface area contributed by atoms with Crippen molar-refractivity contribution in [1.29, 1.82) is 0 Å². The molecule has 0 spiro atoms. The SMILES string of the molecule is CCONC(=O)c1cc(Cl)cc(Cl)c1I. The van der Waals surface area contributed by atoms with E-state index in [1.165, 1.54) is 0 Å². The number of amides is 1. The van der Waals surface area contributed by atoms with E-state index in [-0.39, 0.29) is 5.91 Å². The number of carbonyl (C=O) groups is 1. The Labute approximate surface area is 111 Å². The van der Waals surface area contributed by atoms with Crippen molar-refractivity contribution in [1.82, 2.24) is 5.48 Å². The van der Waals surface area contributed by atoms with E-state index in [0.717, 1.165) is 0 Å². The zero-order chi connectivity index (χ0) is 11.4. The Morgan fingerprint density at radius 3 is 2.80 bits per heavy atom. The summed E-state index contributed by atoms with van der Waals surface area (Å²) in [6.07, 6.45) is 0. The highest BCUT2D eigenvalue weighted by Crippen LogP contribution is 2.26. The Hall–Kier alpha value is -0.0400. The number of rotatable bonds is 3. The van der Waals surface area contributed by atoms with Gasteiger partial charge in [0, 0.05) is 8.59 Å². The number of carbonyl (C=O) groups excluding carboxylic acids is 1. The molecule has 0 unspecified atom stereocenters. The van der Waals surface area contributed by atoms with Crippen molar-refractivity contribution in [2.24, 2.45) is 0 Å². The zero-order valence-electron chi connectivity index (χ0n) is 7.81. The number of hydrogen-bond acceptors (Lipinski definition) is 2. The van der Waals surface area contributed by atoms with Crippen LogP contribution in [0, 0.1) is 3.57 Å². The fourth-order valence-corrected chi connectivity index (χ4v) is 1.96. The molecule has 6 heteroatoms. The Bertz CT molecular complexity index is 385. The molecule has 0 atom stereocenters. The summed E-state index contributed by atoms with van der Waals surface area (Å²) in [5, 5.41) is 0.867. The van der Waals surface area contributed by atoms with Crippen LogP contribution in [0.2, 0.25) is 10.0 Å². The fraction of sp³-hybridized carbons (Fsp3) is 0.222. The first-order valence-corrected chi connectivity index (χ1v) is 5.96. The van der Waals surface area contributed by atoms with E-state index in [2.05, 4.69) is 5.48 Å². The molecule has 82 valence electrons. The molecule has 0 heterocycles. The maximum absolute atomic E-state index is 11.6. The van der Waals surface area contributed by atoms with Crippen molar-refractivity contribution in [3.63, 3.8) is 0 Å². The molecule has 1 aromatic carbocycles. The monoisotopic (exact) mass is 359 g/mol. The lowest BCUT2D eigenvalue weighted by molar-refractivity contribution is 0.0363. The molecule has 0 aromatic heterocycles. The Balaban J connectivity index is 2.98. The van der Waals surface area contributed by atoms with Crippen molar-refractivity contribution in [3.8, 4) is 0 Å². The molecule has 0 radical (unpaired) electrons. The fourth-order valence-electron chi connectivity index (χ4n) is 0.914. The van der Waals surface area contributed by atoms with Crippen LogP contribution in [-0.4, -0.2) is 12.5 Å². The third-order valence-corrected chi connectivity index (χ3v) is 3.54. The van der Waals surface area contributed by atoms with Crippen LogP contribution in [0.1, 0.15) is 17.3 Å². The summed E-state index contributed by atoms with van der Waals surface area (Å²) in [6, 6.07) is 3.13. The molecular formula is C9H8Cl2INO2. The first-order chi connectivity index (χ1) is 7.06. The third kappa shape index (κ3) is 3.48. The maximum Gasteiger partial charge on any atom is 0.276 e. The van der Waals surface area contributed by atoms with Crippen LogP contribution < -0.4 is 5.48 Å². The highest BCUT2D eigenvalue weighted by atomic mass is 127. The lowest BCUT2D eigenvalue weighted by Gasteiger charge is -2.07. The molecule has 3 nitrogen and oxygen atoms in total. The van der Waals surface area contributed by atoms with Gasteiger partial charge in [-0.2, -0.15) is 0 Å². The summed E-state index contributed by atoms with van der Waals surface area (Å²) < 4.78 is 0.649. The highest BCUT2D eigenvalue weighted by molar-refractivity contribution is 14.1. The molecule has 15 heavy (non-hydrogen) atoms. The van der Waals surface area contributed by atoms with E-state index in [0.29, 0.717) is 25.8 Å². The smallest absolute Gasteiger partial charge is 0.274 e. The van der Waals surface area contributed by atoms with Crippen LogP contribution in [-0.2, 0) is 4.84 Å². The van der Waals surface area contributed by atoms with Crippen LogP contribution >= 0.6 is 45.8 Å². The third-order valence-electron chi connectivity index (χ3n) is 1.55. The van der Waals surface area contributed by atoms with Crippen LogP contribution in [0.25, 0.3) is 0 Å². The summed E-state index contributed by atoms with van der Waals surface area (Å²) in [5.74, 6) is -0.356. The minimum absolute atomic E-state index is 0.356. The predicted molar refractivity (Wildman–Crippen MR) is 68.3 cm³/mol. The highest BCUT2D eigenvalue weighted by Gasteiger charge is 2.13. The molecule has 1 amide bonds. The molecule has 1 N–H and O–H groups in total. The molecule has 0 aliphatic carbocycles. The predicted octanol–water partition coefficient (Wildman–Crippen LogP) is 3.28. The van der Waals surface area contributed by atoms with Gasteiger partial charge in [0.25, 0.3) is 5.91 Å². The zero-order valence-corrected chi connectivity index (χ0v) is 11.5. The van der Waals surface area contributed by atoms with Gasteiger partial charge in [-0.05, 0) is 41.6 Å². The second kappa shape index (κ2) is 5.89. The normalized spacial score (nSPS) is 10.1. The van der Waals surface area contributed by atoms with Gasteiger partial charge in [0.05, 0.1) is 17.2 Å². The van der Waals surface area contributed by atoms with Crippen molar-refractivity contribution in [2.45, 2.75) is 6.92 Å². The van der Waals surface area contributed by atoms with Crippen LogP contribution in [0.3, 0.4) is 0 Å². The van der Waals surface area contributed by atoms with E-state index >= 15 is 0 Å². The van der Waals surface area contributed by atoms with Gasteiger partial charge in [-0.25, -0.2) is 5.48 Å². The van der Waals surface area contributed by atoms with E-state index in [1.54, 1.807) is 19.1 Å². The van der Waals surface area contributed by atoms with Gasteiger partial charge in [-0.1, -0.05) is 23.2 Å². The Kier molecular flexibility index (Phi) is 5.11. The molecule has 1 aromatic rings. The Morgan fingerprint density at radius 2 is 2.20 bits per heavy atom. The summed E-state index contributed by atoms with van der Waals surface area (Å²) in [5.41, 5.74) is 2.69. The minimum Gasteiger partial charge on any atom is -0.274 e. The summed E-state index contributed by atoms with van der Waals surface area (Å²) in [7, 11) is 0. The van der Waals surface area contributed by atoms with E-state index < -0.39 is 0 Å². The first kappa shape index (κ1) is 13.0. The number of hydrogen-bond donors (Lipinski definition) is 1. The number of hydroxylamine groups is 1. The minimum atomic E-state index is -0.356. The topological polar surface area (TPSA) is 38.3 Å². The van der Waals surface area contributed by atoms with E-state index in [1.807, 2.05) is 22.6 Å². The second-order valence-corrected chi connectivity index (χ2v) is 4.54. The van der Waals surface area contributed by atoms with Gasteiger partial charge in [-0.3, -0.25) is 9.63 Å². The van der Waals surface area contributed by atoms with Crippen LogP contribution in [0.15, 0.2) is 12.1 Å². The van der Waals surface area contributed by atoms with Crippen LogP contribution in [0.4, 0.5) is 0 Å². The number of nitrogens with one attached hydrogen (secondary N) is 1. The lowest BCUT2D eigenvalue weighted by atomic mass is 10.2. The lowest BCUT2D eigenvalue weighted by Crippen LogP contribution is -2.24. The summed E-state index contributed by atoms with van der Waals surface area (Å²) >= 11 is 13.7. The van der Waals surface area contributed by atoms with Crippen molar-refractivity contribution >= 4 is 51.7 Å². The van der Waals surface area contributed by atoms with Gasteiger partial charge >= 0.3 is 0 Å². The van der Waals surface area contributed by atoms with E-state index in [9.17, 15) is 4.79 Å². The van der Waals surface area contributed by atoms with Crippen molar-refractivity contribution in [2.75, 3.05) is 6.61 Å². The quantitative estimate of drug-likeness (QED) is 0.511. The standard InChI is InChI=1S/C9H8Cl2INO2/c1-2-15-13-9(14)6-3-5(10)4-7(11)8(6)12/h3-4H,2H2,1H3,(H,13,14). The second-order valence-electron chi connectivity index (χ2n) is 2.61. The largest absolute Gasteiger partial charge is 0.276 e. The van der Waals surface area contributed by atoms with Gasteiger partial charge in [0.2, 0.25) is 0 Å². The van der Waals surface area contributed by atoms with Crippen molar-refractivity contribution < 1.29 is 9.63 Å². The molecule has 0 saturated carbocycles. The molecule has 0 saturated heterocycles. The van der Waals surface area contributed by atoms with Gasteiger partial charge in [-0.15, -0.1) is 0 Å². The van der Waals surface area contributed by atoms with Gasteiger partial charge in [0.15, 0.2) is 0 Å². The summed E-state index contributed by atoms with van der Waals surface area (Å²) in [6.45, 7) is 2.17. The first-order valence-electron chi connectivity index (χ1n) is 4.13. The average Bonchev–Trinajstić information content (AvgIpc) is 2.19. The molecule has 0 fully saturated rings. The molecular weight excluding hydrogens is 352 g/mol.